The van der Waals surface area contributed by atoms with Crippen molar-refractivity contribution in [3.63, 3.8) is 0 Å². The Morgan fingerprint density at radius 3 is 2.82 bits per heavy atom. The number of carbonyl (C=O) groups is 2. The summed E-state index contributed by atoms with van der Waals surface area (Å²) in [5, 5.41) is 0. The van der Waals surface area contributed by atoms with Gasteiger partial charge in [0.1, 0.15) is 12.2 Å². The zero-order valence-electron chi connectivity index (χ0n) is 13.4. The first-order valence-electron chi connectivity index (χ1n) is 7.57. The third-order valence-corrected chi connectivity index (χ3v) is 3.42. The monoisotopic (exact) mass is 308 g/mol. The van der Waals surface area contributed by atoms with Gasteiger partial charge in [0.15, 0.2) is 0 Å². The van der Waals surface area contributed by atoms with Gasteiger partial charge in [-0.2, -0.15) is 0 Å². The molecule has 1 aliphatic rings. The van der Waals surface area contributed by atoms with Crippen molar-refractivity contribution in [2.45, 2.75) is 32.8 Å². The summed E-state index contributed by atoms with van der Waals surface area (Å²) >= 11 is 0. The smallest absolute Gasteiger partial charge is 0.410 e. The van der Waals surface area contributed by atoms with Crippen molar-refractivity contribution in [1.82, 2.24) is 9.88 Å². The first kappa shape index (κ1) is 16.5. The quantitative estimate of drug-likeness (QED) is 0.848. The van der Waals surface area contributed by atoms with E-state index in [2.05, 4.69) is 4.98 Å². The van der Waals surface area contributed by atoms with Crippen molar-refractivity contribution >= 4 is 11.9 Å². The van der Waals surface area contributed by atoms with Crippen LogP contribution in [-0.2, 0) is 9.47 Å². The number of nitrogens with zero attached hydrogens (tertiary/aromatic N) is 1. The third kappa shape index (κ3) is 4.87. The van der Waals surface area contributed by atoms with Gasteiger partial charge < -0.3 is 19.4 Å². The summed E-state index contributed by atoms with van der Waals surface area (Å²) in [6.07, 6.45) is 2.30. The summed E-state index contributed by atoms with van der Waals surface area (Å²) in [5.41, 5.74) is 0.0792. The SMILES string of the molecule is CC(C)(C)OC(=O)N1CC[C@@H](COCC(=O)c2ccc[nH]2)C1. The van der Waals surface area contributed by atoms with Gasteiger partial charge in [0, 0.05) is 25.2 Å². The number of likely N-dealkylation sites (tertiary alicyclic amines) is 1. The van der Waals surface area contributed by atoms with Crippen molar-refractivity contribution in [3.8, 4) is 0 Å². The maximum absolute atomic E-state index is 11.9. The molecule has 122 valence electrons. The van der Waals surface area contributed by atoms with Crippen LogP contribution in [0.15, 0.2) is 18.3 Å². The molecule has 1 N–H and O–H groups in total. The van der Waals surface area contributed by atoms with Gasteiger partial charge in [-0.3, -0.25) is 4.79 Å². The lowest BCUT2D eigenvalue weighted by Crippen LogP contribution is -2.35. The largest absolute Gasteiger partial charge is 0.444 e. The Bertz CT molecular complexity index is 505. The summed E-state index contributed by atoms with van der Waals surface area (Å²) in [5.74, 6) is 0.191. The normalized spacial score (nSPS) is 18.5. The van der Waals surface area contributed by atoms with Gasteiger partial charge in [-0.15, -0.1) is 0 Å². The molecule has 1 fully saturated rings. The Morgan fingerprint density at radius 2 is 2.18 bits per heavy atom. The first-order chi connectivity index (χ1) is 10.3. The fourth-order valence-corrected chi connectivity index (χ4v) is 2.36. The van der Waals surface area contributed by atoms with Crippen LogP contribution in [0.5, 0.6) is 0 Å². The number of H-pyrrole nitrogens is 1. The van der Waals surface area contributed by atoms with Crippen LogP contribution in [0.2, 0.25) is 0 Å². The van der Waals surface area contributed by atoms with E-state index in [0.29, 0.717) is 25.4 Å². The number of aromatic amines is 1. The second-order valence-corrected chi connectivity index (χ2v) is 6.60. The molecule has 1 aromatic rings. The van der Waals surface area contributed by atoms with E-state index in [1.807, 2.05) is 20.8 Å². The first-order valence-corrected chi connectivity index (χ1v) is 7.57. The number of aromatic nitrogens is 1. The molecule has 2 rings (SSSR count). The van der Waals surface area contributed by atoms with E-state index in [4.69, 9.17) is 9.47 Å². The lowest BCUT2D eigenvalue weighted by Gasteiger charge is -2.24. The average molecular weight is 308 g/mol. The number of carbonyl (C=O) groups excluding carboxylic acids is 2. The average Bonchev–Trinajstić information content (AvgIpc) is 3.08. The fourth-order valence-electron chi connectivity index (χ4n) is 2.36. The van der Waals surface area contributed by atoms with E-state index >= 15 is 0 Å². The molecule has 0 aromatic carbocycles. The molecule has 1 saturated heterocycles. The van der Waals surface area contributed by atoms with Crippen LogP contribution < -0.4 is 0 Å². The van der Waals surface area contributed by atoms with E-state index in [0.717, 1.165) is 6.42 Å². The predicted octanol–water partition coefficient (Wildman–Crippen LogP) is 2.47. The highest BCUT2D eigenvalue weighted by atomic mass is 16.6. The zero-order chi connectivity index (χ0) is 16.2. The predicted molar refractivity (Wildman–Crippen MR) is 81.9 cm³/mol. The molecule has 2 heterocycles. The van der Waals surface area contributed by atoms with Crippen molar-refractivity contribution in [2.75, 3.05) is 26.3 Å². The third-order valence-electron chi connectivity index (χ3n) is 3.42. The van der Waals surface area contributed by atoms with Crippen LogP contribution in [0.25, 0.3) is 0 Å². The number of nitrogens with one attached hydrogen (secondary N) is 1. The van der Waals surface area contributed by atoms with E-state index in [1.54, 1.807) is 23.2 Å². The minimum absolute atomic E-state index is 0.0590. The number of rotatable bonds is 5. The highest BCUT2D eigenvalue weighted by Gasteiger charge is 2.29. The number of ketones is 1. The Labute approximate surface area is 130 Å². The highest BCUT2D eigenvalue weighted by molar-refractivity contribution is 5.95. The van der Waals surface area contributed by atoms with Gasteiger partial charge in [0.2, 0.25) is 5.78 Å². The van der Waals surface area contributed by atoms with Crippen molar-refractivity contribution in [3.05, 3.63) is 24.0 Å². The Hall–Kier alpha value is -1.82. The molecule has 6 nitrogen and oxygen atoms in total. The van der Waals surface area contributed by atoms with Gasteiger partial charge in [0.25, 0.3) is 0 Å². The van der Waals surface area contributed by atoms with Gasteiger partial charge in [-0.1, -0.05) is 0 Å². The summed E-state index contributed by atoms with van der Waals surface area (Å²) < 4.78 is 10.8. The molecular weight excluding hydrogens is 284 g/mol. The second-order valence-electron chi connectivity index (χ2n) is 6.60. The van der Waals surface area contributed by atoms with Gasteiger partial charge in [-0.05, 0) is 39.3 Å². The van der Waals surface area contributed by atoms with Gasteiger partial charge >= 0.3 is 6.09 Å². The molecule has 1 aromatic heterocycles. The number of ether oxygens (including phenoxy) is 2. The van der Waals surface area contributed by atoms with Gasteiger partial charge in [0.05, 0.1) is 12.3 Å². The fraction of sp³-hybridized carbons (Fsp3) is 0.625. The molecule has 0 radical (unpaired) electrons. The molecule has 22 heavy (non-hydrogen) atoms. The van der Waals surface area contributed by atoms with E-state index in [-0.39, 0.29) is 24.4 Å². The standard InChI is InChI=1S/C16H24N2O4/c1-16(2,3)22-15(20)18-8-6-12(9-18)10-21-11-14(19)13-5-4-7-17-13/h4-5,7,12,17H,6,8-11H2,1-3H3/t12-/m1/s1. The maximum atomic E-state index is 11.9. The van der Waals surface area contributed by atoms with Crippen LogP contribution in [0.1, 0.15) is 37.7 Å². The molecule has 0 saturated carbocycles. The summed E-state index contributed by atoms with van der Waals surface area (Å²) in [7, 11) is 0. The number of amides is 1. The van der Waals surface area contributed by atoms with Crippen LogP contribution in [0, 0.1) is 5.92 Å². The lowest BCUT2D eigenvalue weighted by atomic mass is 10.1. The van der Waals surface area contributed by atoms with E-state index < -0.39 is 5.60 Å². The molecular formula is C16H24N2O4. The zero-order valence-corrected chi connectivity index (χ0v) is 13.4. The topological polar surface area (TPSA) is 71.6 Å². The van der Waals surface area contributed by atoms with Crippen LogP contribution in [-0.4, -0.2) is 53.7 Å². The Kier molecular flexibility index (Phi) is 5.24. The van der Waals surface area contributed by atoms with E-state index in [1.165, 1.54) is 0 Å². The Balaban J connectivity index is 1.68. The van der Waals surface area contributed by atoms with E-state index in [9.17, 15) is 9.59 Å². The van der Waals surface area contributed by atoms with Crippen LogP contribution in [0.3, 0.4) is 0 Å². The summed E-state index contributed by atoms with van der Waals surface area (Å²) in [4.78, 5) is 28.3. The molecule has 1 amide bonds. The second kappa shape index (κ2) is 6.96. The van der Waals surface area contributed by atoms with Crippen LogP contribution in [0.4, 0.5) is 4.79 Å². The maximum Gasteiger partial charge on any atom is 0.410 e. The minimum Gasteiger partial charge on any atom is -0.444 e. The van der Waals surface area contributed by atoms with Crippen molar-refractivity contribution in [1.29, 1.82) is 0 Å². The minimum atomic E-state index is -0.478. The highest BCUT2D eigenvalue weighted by Crippen LogP contribution is 2.19. The number of hydrogen-bond acceptors (Lipinski definition) is 4. The number of hydrogen-bond donors (Lipinski definition) is 1. The molecule has 1 aliphatic heterocycles. The van der Waals surface area contributed by atoms with Crippen molar-refractivity contribution in [2.24, 2.45) is 5.92 Å². The lowest BCUT2D eigenvalue weighted by molar-refractivity contribution is 0.0273. The summed E-state index contributed by atoms with van der Waals surface area (Å²) in [6.45, 7) is 7.39. The molecule has 0 aliphatic carbocycles. The summed E-state index contributed by atoms with van der Waals surface area (Å²) in [6, 6.07) is 3.51. The van der Waals surface area contributed by atoms with Crippen molar-refractivity contribution < 1.29 is 19.1 Å². The van der Waals surface area contributed by atoms with Gasteiger partial charge in [-0.25, -0.2) is 4.79 Å². The molecule has 0 spiro atoms. The Morgan fingerprint density at radius 1 is 1.41 bits per heavy atom. The number of Topliss-reactive ketones (excluding diaryl/α,β-unsaturated/α-hetero) is 1. The molecule has 0 bridgehead atoms. The molecule has 1 atom stereocenters. The molecule has 0 unspecified atom stereocenters. The molecule has 6 heteroatoms. The van der Waals surface area contributed by atoms with Crippen LogP contribution >= 0.6 is 0 Å².